The quantitative estimate of drug-likeness (QED) is 0.571. The first kappa shape index (κ1) is 11.7. The molecule has 0 aliphatic heterocycles. The summed E-state index contributed by atoms with van der Waals surface area (Å²) in [5, 5.41) is 0. The van der Waals surface area contributed by atoms with Gasteiger partial charge in [0, 0.05) is 0 Å². The largest absolute Gasteiger partial charge is 0.397 e. The maximum atomic E-state index is 6.03. The Hall–Kier alpha value is -1.38. The minimum atomic E-state index is -0.0131. The number of benzene rings is 1. The smallest absolute Gasteiger partial charge is 0.0787 e. The van der Waals surface area contributed by atoms with E-state index in [0.29, 0.717) is 17.1 Å². The van der Waals surface area contributed by atoms with Crippen molar-refractivity contribution in [2.24, 2.45) is 0 Å². The molecule has 0 atom stereocenters. The maximum Gasteiger partial charge on any atom is 0.0787 e. The van der Waals surface area contributed by atoms with E-state index in [4.69, 9.17) is 17.2 Å². The van der Waals surface area contributed by atoms with Crippen LogP contribution in [0, 0.1) is 13.8 Å². The van der Waals surface area contributed by atoms with Crippen molar-refractivity contribution in [3.63, 3.8) is 0 Å². The second-order valence-electron chi connectivity index (χ2n) is 5.12. The normalized spacial score (nSPS) is 11.8. The number of rotatable bonds is 0. The van der Waals surface area contributed by atoms with Crippen molar-refractivity contribution < 1.29 is 0 Å². The van der Waals surface area contributed by atoms with Gasteiger partial charge in [-0.15, -0.1) is 0 Å². The van der Waals surface area contributed by atoms with Crippen molar-refractivity contribution in [3.8, 4) is 0 Å². The van der Waals surface area contributed by atoms with Gasteiger partial charge in [0.05, 0.1) is 17.1 Å². The van der Waals surface area contributed by atoms with Crippen molar-refractivity contribution in [2.45, 2.75) is 40.0 Å². The van der Waals surface area contributed by atoms with Crippen LogP contribution in [-0.4, -0.2) is 0 Å². The second kappa shape index (κ2) is 3.33. The molecule has 0 radical (unpaired) electrons. The molecule has 1 aromatic carbocycles. The van der Waals surface area contributed by atoms with E-state index in [1.54, 1.807) is 0 Å². The Morgan fingerprint density at radius 2 is 1.20 bits per heavy atom. The first-order chi connectivity index (χ1) is 6.68. The van der Waals surface area contributed by atoms with Crippen molar-refractivity contribution in [1.82, 2.24) is 0 Å². The summed E-state index contributed by atoms with van der Waals surface area (Å²) in [5.41, 5.74) is 22.8. The van der Waals surface area contributed by atoms with E-state index < -0.39 is 0 Å². The molecule has 0 aromatic heterocycles. The van der Waals surface area contributed by atoms with Gasteiger partial charge in [-0.1, -0.05) is 20.8 Å². The number of nitrogens with two attached hydrogens (primary N) is 3. The third kappa shape index (κ3) is 1.74. The van der Waals surface area contributed by atoms with E-state index in [0.717, 1.165) is 16.7 Å². The SMILES string of the molecule is Cc1c(C)c(C(C)(C)C)c(N)c(N)c1N. The van der Waals surface area contributed by atoms with Crippen LogP contribution < -0.4 is 17.2 Å². The van der Waals surface area contributed by atoms with E-state index in [9.17, 15) is 0 Å². The highest BCUT2D eigenvalue weighted by Crippen LogP contribution is 2.39. The predicted octanol–water partition coefficient (Wildman–Crippen LogP) is 2.35. The molecule has 0 bridgehead atoms. The van der Waals surface area contributed by atoms with Crippen molar-refractivity contribution >= 4 is 17.1 Å². The van der Waals surface area contributed by atoms with Crippen LogP contribution in [0.4, 0.5) is 17.1 Å². The Balaban J connectivity index is 3.68. The Morgan fingerprint density at radius 1 is 0.733 bits per heavy atom. The van der Waals surface area contributed by atoms with Gasteiger partial charge in [0.15, 0.2) is 0 Å². The average molecular weight is 207 g/mol. The minimum Gasteiger partial charge on any atom is -0.397 e. The van der Waals surface area contributed by atoms with Gasteiger partial charge in [0.2, 0.25) is 0 Å². The summed E-state index contributed by atoms with van der Waals surface area (Å²) in [6.07, 6.45) is 0. The van der Waals surface area contributed by atoms with Crippen LogP contribution in [0.3, 0.4) is 0 Å². The topological polar surface area (TPSA) is 78.1 Å². The zero-order valence-electron chi connectivity index (χ0n) is 10.2. The van der Waals surface area contributed by atoms with Gasteiger partial charge in [0.1, 0.15) is 0 Å². The zero-order chi connectivity index (χ0) is 12.0. The third-order valence-corrected chi connectivity index (χ3v) is 2.94. The third-order valence-electron chi connectivity index (χ3n) is 2.94. The maximum absolute atomic E-state index is 6.03. The fraction of sp³-hybridized carbons (Fsp3) is 0.500. The molecule has 84 valence electrons. The van der Waals surface area contributed by atoms with Gasteiger partial charge in [-0.25, -0.2) is 0 Å². The van der Waals surface area contributed by atoms with Crippen LogP contribution in [-0.2, 0) is 5.41 Å². The van der Waals surface area contributed by atoms with E-state index >= 15 is 0 Å². The predicted molar refractivity (Wildman–Crippen MR) is 67.9 cm³/mol. The van der Waals surface area contributed by atoms with Crippen LogP contribution in [0.25, 0.3) is 0 Å². The Morgan fingerprint density at radius 3 is 1.60 bits per heavy atom. The molecule has 15 heavy (non-hydrogen) atoms. The van der Waals surface area contributed by atoms with Crippen LogP contribution in [0.15, 0.2) is 0 Å². The summed E-state index contributed by atoms with van der Waals surface area (Å²) < 4.78 is 0. The van der Waals surface area contributed by atoms with Gasteiger partial charge >= 0.3 is 0 Å². The zero-order valence-corrected chi connectivity index (χ0v) is 10.2. The Labute approximate surface area is 91.6 Å². The first-order valence-electron chi connectivity index (χ1n) is 5.12. The number of anilines is 3. The number of hydrogen-bond donors (Lipinski definition) is 3. The molecule has 0 fully saturated rings. The van der Waals surface area contributed by atoms with Crippen molar-refractivity contribution in [2.75, 3.05) is 17.2 Å². The Kier molecular flexibility index (Phi) is 2.60. The molecule has 0 aliphatic rings. The molecule has 1 rings (SSSR count). The van der Waals surface area contributed by atoms with Gasteiger partial charge < -0.3 is 17.2 Å². The molecule has 0 unspecified atom stereocenters. The molecule has 3 nitrogen and oxygen atoms in total. The van der Waals surface area contributed by atoms with Gasteiger partial charge in [-0.05, 0) is 36.0 Å². The van der Waals surface area contributed by atoms with Crippen molar-refractivity contribution in [3.05, 3.63) is 16.7 Å². The van der Waals surface area contributed by atoms with Crippen LogP contribution in [0.2, 0.25) is 0 Å². The first-order valence-corrected chi connectivity index (χ1v) is 5.12. The summed E-state index contributed by atoms with van der Waals surface area (Å²) >= 11 is 0. The lowest BCUT2D eigenvalue weighted by atomic mass is 9.80. The van der Waals surface area contributed by atoms with E-state index in [1.807, 2.05) is 13.8 Å². The molecule has 0 aliphatic carbocycles. The van der Waals surface area contributed by atoms with E-state index in [2.05, 4.69) is 20.8 Å². The average Bonchev–Trinajstić information content (AvgIpc) is 2.09. The highest BCUT2D eigenvalue weighted by molar-refractivity contribution is 5.84. The standard InChI is InChI=1S/C12H21N3/c1-6-7(2)9(13)11(15)10(14)8(6)12(3,4)5/h13-15H2,1-5H3. The number of hydrogen-bond acceptors (Lipinski definition) is 3. The highest BCUT2D eigenvalue weighted by atomic mass is 14.7. The van der Waals surface area contributed by atoms with Crippen LogP contribution in [0.5, 0.6) is 0 Å². The summed E-state index contributed by atoms with van der Waals surface area (Å²) in [5.74, 6) is 0. The summed E-state index contributed by atoms with van der Waals surface area (Å²) in [6, 6.07) is 0. The molecule has 0 amide bonds. The second-order valence-corrected chi connectivity index (χ2v) is 5.12. The fourth-order valence-electron chi connectivity index (χ4n) is 2.04. The van der Waals surface area contributed by atoms with E-state index in [1.165, 1.54) is 0 Å². The van der Waals surface area contributed by atoms with Crippen LogP contribution in [0.1, 0.15) is 37.5 Å². The lowest BCUT2D eigenvalue weighted by molar-refractivity contribution is 0.588. The molecule has 0 saturated heterocycles. The number of nitrogen functional groups attached to an aromatic ring is 3. The van der Waals surface area contributed by atoms with Gasteiger partial charge in [-0.3, -0.25) is 0 Å². The molecule has 1 aromatic rings. The lowest BCUT2D eigenvalue weighted by Gasteiger charge is -2.27. The summed E-state index contributed by atoms with van der Waals surface area (Å²) in [6.45, 7) is 10.4. The fourth-order valence-corrected chi connectivity index (χ4v) is 2.04. The molecule has 0 spiro atoms. The summed E-state index contributed by atoms with van der Waals surface area (Å²) in [4.78, 5) is 0. The molecule has 0 heterocycles. The minimum absolute atomic E-state index is 0.0131. The van der Waals surface area contributed by atoms with E-state index in [-0.39, 0.29) is 5.41 Å². The molecule has 6 N–H and O–H groups in total. The monoisotopic (exact) mass is 207 g/mol. The molecular weight excluding hydrogens is 186 g/mol. The molecule has 3 heteroatoms. The lowest BCUT2D eigenvalue weighted by Crippen LogP contribution is -2.19. The van der Waals surface area contributed by atoms with Crippen molar-refractivity contribution in [1.29, 1.82) is 0 Å². The molecular formula is C12H21N3. The molecule has 0 saturated carbocycles. The highest BCUT2D eigenvalue weighted by Gasteiger charge is 2.23. The van der Waals surface area contributed by atoms with Gasteiger partial charge in [-0.2, -0.15) is 0 Å². The summed E-state index contributed by atoms with van der Waals surface area (Å²) in [7, 11) is 0. The Bertz CT molecular complexity index is 371. The van der Waals surface area contributed by atoms with Crippen LogP contribution >= 0.6 is 0 Å². The van der Waals surface area contributed by atoms with Gasteiger partial charge in [0.25, 0.3) is 0 Å².